The highest BCUT2D eigenvalue weighted by Gasteiger charge is 2.20. The summed E-state index contributed by atoms with van der Waals surface area (Å²) in [7, 11) is 0. The van der Waals surface area contributed by atoms with Crippen LogP contribution in [0.25, 0.3) is 0 Å². The first kappa shape index (κ1) is 13.2. The maximum absolute atomic E-state index is 12.4. The smallest absolute Gasteiger partial charge is 0.212 e. The highest BCUT2D eigenvalue weighted by atomic mass is 79.9. The predicted molar refractivity (Wildman–Crippen MR) is 84.6 cm³/mol. The number of carbonyl (C=O) groups excluding carboxylic acids is 1. The summed E-state index contributed by atoms with van der Waals surface area (Å²) in [6.07, 6.45) is 1.09. The van der Waals surface area contributed by atoms with Gasteiger partial charge in [-0.05, 0) is 45.8 Å². The van der Waals surface area contributed by atoms with Gasteiger partial charge in [0.05, 0.1) is 9.75 Å². The van der Waals surface area contributed by atoms with Crippen LogP contribution in [0.2, 0.25) is 4.34 Å². The van der Waals surface area contributed by atoms with E-state index in [0.29, 0.717) is 9.21 Å². The van der Waals surface area contributed by atoms with E-state index < -0.39 is 0 Å². The van der Waals surface area contributed by atoms with Crippen LogP contribution in [0.1, 0.15) is 25.0 Å². The van der Waals surface area contributed by atoms with E-state index >= 15 is 0 Å². The summed E-state index contributed by atoms with van der Waals surface area (Å²) in [5.41, 5.74) is 1.33. The molecule has 0 amide bonds. The molecule has 94 valence electrons. The van der Waals surface area contributed by atoms with Gasteiger partial charge in [-0.25, -0.2) is 0 Å². The Balaban J connectivity index is 1.94. The summed E-state index contributed by atoms with van der Waals surface area (Å²) >= 11 is 14.2. The molecule has 0 N–H and O–H groups in total. The van der Waals surface area contributed by atoms with Gasteiger partial charge in [0.15, 0.2) is 0 Å². The molecule has 0 saturated heterocycles. The van der Waals surface area contributed by atoms with E-state index in [4.69, 9.17) is 11.6 Å². The Morgan fingerprint density at radius 1 is 1.28 bits per heavy atom. The number of thiophene rings is 2. The molecule has 2 aromatic heterocycles. The average Bonchev–Trinajstić information content (AvgIpc) is 2.93. The van der Waals surface area contributed by atoms with Gasteiger partial charge in [-0.3, -0.25) is 4.79 Å². The fraction of sp³-hybridized carbons (Fsp3) is 0.250. The molecule has 1 nitrogen and oxygen atoms in total. The van der Waals surface area contributed by atoms with Crippen LogP contribution < -0.4 is 0 Å². The second-order valence-electron chi connectivity index (χ2n) is 3.92. The lowest BCUT2D eigenvalue weighted by atomic mass is 10.2. The highest BCUT2D eigenvalue weighted by molar-refractivity contribution is 9.10. The quantitative estimate of drug-likeness (QED) is 0.663. The second kappa shape index (κ2) is 5.29. The van der Waals surface area contributed by atoms with E-state index in [1.165, 1.54) is 21.8 Å². The van der Waals surface area contributed by atoms with Crippen molar-refractivity contribution in [3.8, 4) is 0 Å². The zero-order chi connectivity index (χ0) is 12.7. The van der Waals surface area contributed by atoms with Crippen molar-refractivity contribution in [2.24, 2.45) is 0 Å². The monoisotopic (exact) mass is 378 g/mol. The number of carbonyl (C=O) groups is 1. The van der Waals surface area contributed by atoms with Gasteiger partial charge in [-0.15, -0.1) is 22.7 Å². The topological polar surface area (TPSA) is 17.1 Å². The van der Waals surface area contributed by atoms with E-state index in [-0.39, 0.29) is 5.78 Å². The molecule has 0 radical (unpaired) electrons. The third-order valence-electron chi connectivity index (χ3n) is 2.72. The zero-order valence-corrected chi connectivity index (χ0v) is 14.0. The summed E-state index contributed by atoms with van der Waals surface area (Å²) in [4.78, 5) is 15.3. The second-order valence-corrected chi connectivity index (χ2v) is 8.67. The minimum atomic E-state index is 0.0944. The first-order chi connectivity index (χ1) is 8.65. The summed E-state index contributed by atoms with van der Waals surface area (Å²) in [6.45, 7) is 0. The number of aryl methyl sites for hydroxylation is 1. The van der Waals surface area contributed by atoms with Gasteiger partial charge in [-0.2, -0.15) is 11.8 Å². The van der Waals surface area contributed by atoms with Crippen LogP contribution in [0.15, 0.2) is 16.6 Å². The van der Waals surface area contributed by atoms with Gasteiger partial charge in [-0.1, -0.05) is 11.6 Å². The normalized spacial score (nSPS) is 14.6. The van der Waals surface area contributed by atoms with Crippen molar-refractivity contribution < 1.29 is 4.79 Å². The maximum atomic E-state index is 12.4. The molecule has 0 aromatic carbocycles. The molecule has 18 heavy (non-hydrogen) atoms. The number of thioether (sulfide) groups is 1. The lowest BCUT2D eigenvalue weighted by molar-refractivity contribution is 0.104. The molecular formula is C12H8BrClOS3. The van der Waals surface area contributed by atoms with Crippen molar-refractivity contribution in [1.29, 1.82) is 0 Å². The van der Waals surface area contributed by atoms with Crippen molar-refractivity contribution in [1.82, 2.24) is 0 Å². The Labute approximate surface area is 131 Å². The first-order valence-corrected chi connectivity index (χ1v) is 9.30. The van der Waals surface area contributed by atoms with E-state index in [0.717, 1.165) is 27.3 Å². The number of halogens is 2. The molecule has 0 saturated carbocycles. The molecule has 0 unspecified atom stereocenters. The average molecular weight is 380 g/mol. The molecule has 0 aliphatic carbocycles. The zero-order valence-electron chi connectivity index (χ0n) is 9.16. The standard InChI is InChI=1S/C12H8BrClOS3/c13-7-4-10(18-12(7)14)11(15)9-3-6-5-16-2-1-8(6)17-9/h3-4H,1-2,5H2. The lowest BCUT2D eigenvalue weighted by Gasteiger charge is -2.08. The van der Waals surface area contributed by atoms with Crippen LogP contribution in [0.4, 0.5) is 0 Å². The van der Waals surface area contributed by atoms with Gasteiger partial charge in [0.2, 0.25) is 5.78 Å². The molecule has 3 heterocycles. The Kier molecular flexibility index (Phi) is 3.87. The molecule has 6 heteroatoms. The van der Waals surface area contributed by atoms with Crippen LogP contribution in [0, 0.1) is 0 Å². The minimum Gasteiger partial charge on any atom is -0.287 e. The Morgan fingerprint density at radius 2 is 2.06 bits per heavy atom. The molecule has 3 rings (SSSR count). The Hall–Kier alpha value is 0.190. The largest absolute Gasteiger partial charge is 0.287 e. The van der Waals surface area contributed by atoms with Crippen LogP contribution >= 0.6 is 62.0 Å². The number of hydrogen-bond donors (Lipinski definition) is 0. The molecule has 1 aliphatic heterocycles. The minimum absolute atomic E-state index is 0.0944. The molecule has 1 aliphatic rings. The third kappa shape index (κ3) is 2.43. The number of fused-ring (bicyclic) bond motifs is 1. The number of rotatable bonds is 2. The highest BCUT2D eigenvalue weighted by Crippen LogP contribution is 2.36. The van der Waals surface area contributed by atoms with E-state index in [2.05, 4.69) is 22.0 Å². The Morgan fingerprint density at radius 3 is 2.72 bits per heavy atom. The molecule has 0 fully saturated rings. The molecule has 0 atom stereocenters. The van der Waals surface area contributed by atoms with Crippen molar-refractivity contribution in [3.05, 3.63) is 41.1 Å². The third-order valence-corrected chi connectivity index (χ3v) is 7.44. The first-order valence-electron chi connectivity index (χ1n) is 5.34. The fourth-order valence-electron chi connectivity index (χ4n) is 1.84. The van der Waals surface area contributed by atoms with Crippen LogP contribution in [-0.2, 0) is 12.2 Å². The molecule has 2 aromatic rings. The van der Waals surface area contributed by atoms with Gasteiger partial charge >= 0.3 is 0 Å². The fourth-order valence-corrected chi connectivity index (χ4v) is 5.89. The summed E-state index contributed by atoms with van der Waals surface area (Å²) in [5, 5.41) is 0. The molecule has 0 bridgehead atoms. The van der Waals surface area contributed by atoms with Crippen LogP contribution in [0.5, 0.6) is 0 Å². The summed E-state index contributed by atoms with van der Waals surface area (Å²) in [6, 6.07) is 3.86. The summed E-state index contributed by atoms with van der Waals surface area (Å²) < 4.78 is 1.43. The van der Waals surface area contributed by atoms with Gasteiger partial charge in [0.1, 0.15) is 4.34 Å². The maximum Gasteiger partial charge on any atom is 0.212 e. The van der Waals surface area contributed by atoms with Gasteiger partial charge in [0.25, 0.3) is 0 Å². The molecule has 0 spiro atoms. The number of hydrogen-bond acceptors (Lipinski definition) is 4. The van der Waals surface area contributed by atoms with Gasteiger partial charge in [0, 0.05) is 15.1 Å². The lowest BCUT2D eigenvalue weighted by Crippen LogP contribution is -1.96. The van der Waals surface area contributed by atoms with Crippen molar-refractivity contribution in [2.45, 2.75) is 12.2 Å². The van der Waals surface area contributed by atoms with E-state index in [1.807, 2.05) is 17.8 Å². The van der Waals surface area contributed by atoms with Gasteiger partial charge < -0.3 is 0 Å². The van der Waals surface area contributed by atoms with Crippen LogP contribution in [-0.4, -0.2) is 11.5 Å². The van der Waals surface area contributed by atoms with Crippen molar-refractivity contribution in [2.75, 3.05) is 5.75 Å². The SMILES string of the molecule is O=C(c1cc(Br)c(Cl)s1)c1cc2c(s1)CCSC2. The van der Waals surface area contributed by atoms with Crippen LogP contribution in [0.3, 0.4) is 0 Å². The predicted octanol–water partition coefficient (Wildman–Crippen LogP) is 5.25. The number of ketones is 1. The van der Waals surface area contributed by atoms with Crippen molar-refractivity contribution >= 4 is 67.7 Å². The Bertz CT molecular complexity index is 574. The summed E-state index contributed by atoms with van der Waals surface area (Å²) in [5.74, 6) is 2.29. The van der Waals surface area contributed by atoms with E-state index in [9.17, 15) is 4.79 Å². The van der Waals surface area contributed by atoms with Crippen molar-refractivity contribution in [3.63, 3.8) is 0 Å². The molecular weight excluding hydrogens is 372 g/mol. The van der Waals surface area contributed by atoms with E-state index in [1.54, 1.807) is 11.3 Å².